The molecule has 20 heavy (non-hydrogen) atoms. The highest BCUT2D eigenvalue weighted by Crippen LogP contribution is 2.17. The predicted octanol–water partition coefficient (Wildman–Crippen LogP) is 4.24. The van der Waals surface area contributed by atoms with Crippen LogP contribution in [0.1, 0.15) is 5.69 Å². The first-order chi connectivity index (χ1) is 9.75. The lowest BCUT2D eigenvalue weighted by atomic mass is 10.1. The van der Waals surface area contributed by atoms with E-state index in [-0.39, 0.29) is 0 Å². The van der Waals surface area contributed by atoms with Gasteiger partial charge in [-0.2, -0.15) is 0 Å². The van der Waals surface area contributed by atoms with Crippen molar-refractivity contribution >= 4 is 14.7 Å². The molecule has 1 nitrogen and oxygen atoms in total. The van der Waals surface area contributed by atoms with Gasteiger partial charge in [0, 0.05) is 5.69 Å². The van der Waals surface area contributed by atoms with E-state index in [0.29, 0.717) is 0 Å². The molecule has 0 aliphatic carbocycles. The van der Waals surface area contributed by atoms with Crippen molar-refractivity contribution in [2.45, 2.75) is 6.92 Å². The smallest absolute Gasteiger partial charge is 0.0572 e. The van der Waals surface area contributed by atoms with Crippen LogP contribution in [0.25, 0.3) is 11.1 Å². The van der Waals surface area contributed by atoms with Gasteiger partial charge >= 0.3 is 0 Å². The van der Waals surface area contributed by atoms with E-state index >= 15 is 0 Å². The molecule has 3 rings (SSSR count). The molecule has 0 spiro atoms. The maximum Gasteiger partial charge on any atom is 0.0572 e. The van der Waals surface area contributed by atoms with Gasteiger partial charge in [0.05, 0.1) is 5.44 Å². The van der Waals surface area contributed by atoms with Crippen LogP contribution in [0.3, 0.4) is 0 Å². The predicted molar refractivity (Wildman–Crippen MR) is 90.2 cm³/mol. The second-order valence-corrected chi connectivity index (χ2v) is 5.03. The van der Waals surface area contributed by atoms with Gasteiger partial charge in [-0.05, 0) is 30.2 Å². The van der Waals surface area contributed by atoms with Crippen LogP contribution in [-0.2, 0) is 0 Å². The van der Waals surface area contributed by atoms with E-state index in [9.17, 15) is 0 Å². The summed E-state index contributed by atoms with van der Waals surface area (Å²) in [5.74, 6) is 0. The SMILES string of the molecule is Cc1cccc(P)n1.c1ccc(-c2ccccc2)cc1. The van der Waals surface area contributed by atoms with Crippen molar-refractivity contribution in [3.05, 3.63) is 84.6 Å². The minimum atomic E-state index is 1.00. The molecule has 2 aromatic carbocycles. The number of pyridine rings is 1. The van der Waals surface area contributed by atoms with Crippen molar-refractivity contribution in [3.8, 4) is 11.1 Å². The molecule has 100 valence electrons. The van der Waals surface area contributed by atoms with Gasteiger partial charge in [-0.15, -0.1) is 0 Å². The summed E-state index contributed by atoms with van der Waals surface area (Å²) in [6, 6.07) is 26.7. The van der Waals surface area contributed by atoms with E-state index in [0.717, 1.165) is 11.1 Å². The van der Waals surface area contributed by atoms with E-state index in [1.165, 1.54) is 11.1 Å². The summed E-state index contributed by atoms with van der Waals surface area (Å²) in [6.45, 7) is 1.98. The van der Waals surface area contributed by atoms with Gasteiger partial charge in [-0.3, -0.25) is 4.98 Å². The van der Waals surface area contributed by atoms with Crippen molar-refractivity contribution in [3.63, 3.8) is 0 Å². The van der Waals surface area contributed by atoms with Gasteiger partial charge < -0.3 is 0 Å². The minimum Gasteiger partial charge on any atom is -0.254 e. The molecule has 0 radical (unpaired) electrons. The highest BCUT2D eigenvalue weighted by Gasteiger charge is 1.91. The molecule has 1 atom stereocenters. The molecule has 0 saturated carbocycles. The van der Waals surface area contributed by atoms with E-state index in [4.69, 9.17) is 0 Å². The molecule has 2 heteroatoms. The first-order valence-electron chi connectivity index (χ1n) is 6.55. The summed E-state index contributed by atoms with van der Waals surface area (Å²) in [7, 11) is 2.55. The number of benzene rings is 2. The Balaban J connectivity index is 0.000000160. The molecular weight excluding hydrogens is 261 g/mol. The van der Waals surface area contributed by atoms with Crippen molar-refractivity contribution in [1.29, 1.82) is 0 Å². The van der Waals surface area contributed by atoms with Gasteiger partial charge in [-0.25, -0.2) is 0 Å². The lowest BCUT2D eigenvalue weighted by Gasteiger charge is -1.98. The highest BCUT2D eigenvalue weighted by atomic mass is 31.0. The van der Waals surface area contributed by atoms with Gasteiger partial charge in [0.25, 0.3) is 0 Å². The second kappa shape index (κ2) is 7.57. The summed E-state index contributed by atoms with van der Waals surface area (Å²) < 4.78 is 0. The second-order valence-electron chi connectivity index (χ2n) is 4.44. The van der Waals surface area contributed by atoms with E-state index < -0.39 is 0 Å². The van der Waals surface area contributed by atoms with Gasteiger partial charge in [0.1, 0.15) is 0 Å². The molecule has 1 heterocycles. The zero-order valence-corrected chi connectivity index (χ0v) is 12.7. The first kappa shape index (κ1) is 14.4. The Morgan fingerprint density at radius 3 is 1.50 bits per heavy atom. The van der Waals surface area contributed by atoms with Crippen LogP contribution in [0, 0.1) is 6.92 Å². The average Bonchev–Trinajstić information content (AvgIpc) is 2.49. The number of hydrogen-bond acceptors (Lipinski definition) is 1. The van der Waals surface area contributed by atoms with Crippen LogP contribution in [0.2, 0.25) is 0 Å². The fourth-order valence-corrected chi connectivity index (χ4v) is 2.14. The monoisotopic (exact) mass is 279 g/mol. The Morgan fingerprint density at radius 2 is 1.15 bits per heavy atom. The maximum absolute atomic E-state index is 4.14. The number of aryl methyl sites for hydroxylation is 1. The Kier molecular flexibility index (Phi) is 5.46. The van der Waals surface area contributed by atoms with Gasteiger partial charge in [-0.1, -0.05) is 76.0 Å². The molecule has 0 aliphatic heterocycles. The van der Waals surface area contributed by atoms with Crippen LogP contribution in [0.5, 0.6) is 0 Å². The quantitative estimate of drug-likeness (QED) is 0.607. The molecule has 0 aliphatic rings. The van der Waals surface area contributed by atoms with Crippen LogP contribution in [0.15, 0.2) is 78.9 Å². The van der Waals surface area contributed by atoms with Gasteiger partial charge in [0.15, 0.2) is 0 Å². The largest absolute Gasteiger partial charge is 0.254 e. The Hall–Kier alpha value is -1.98. The first-order valence-corrected chi connectivity index (χ1v) is 7.13. The van der Waals surface area contributed by atoms with Crippen LogP contribution >= 0.6 is 9.24 Å². The maximum atomic E-state index is 4.14. The normalized spacial score (nSPS) is 9.50. The van der Waals surface area contributed by atoms with E-state index in [2.05, 4.69) is 62.8 Å². The minimum absolute atomic E-state index is 1.00. The van der Waals surface area contributed by atoms with Crippen LogP contribution in [0.4, 0.5) is 0 Å². The summed E-state index contributed by atoms with van der Waals surface area (Å²) in [4.78, 5) is 4.14. The van der Waals surface area contributed by atoms with E-state index in [1.807, 2.05) is 37.3 Å². The number of nitrogens with zero attached hydrogens (tertiary/aromatic N) is 1. The third-order valence-corrected chi connectivity index (χ3v) is 3.11. The van der Waals surface area contributed by atoms with E-state index in [1.54, 1.807) is 0 Å². The molecule has 0 amide bonds. The standard InChI is InChI=1S/C12H10.C6H8NP/c1-3-7-11(8-4-1)12-9-5-2-6-10-12;1-5-3-2-4-6(8)7-5/h1-10H;2-4H,8H2,1H3. The van der Waals surface area contributed by atoms with Crippen LogP contribution in [-0.4, -0.2) is 4.98 Å². The van der Waals surface area contributed by atoms with Crippen molar-refractivity contribution in [1.82, 2.24) is 4.98 Å². The Labute approximate surface area is 122 Å². The number of aromatic nitrogens is 1. The molecule has 1 aromatic heterocycles. The fraction of sp³-hybridized carbons (Fsp3) is 0.0556. The zero-order chi connectivity index (χ0) is 14.2. The topological polar surface area (TPSA) is 12.9 Å². The Morgan fingerprint density at radius 1 is 0.650 bits per heavy atom. The molecule has 3 aromatic rings. The summed E-state index contributed by atoms with van der Waals surface area (Å²) in [5.41, 5.74) is 4.62. The molecule has 1 unspecified atom stereocenters. The number of rotatable bonds is 1. The van der Waals surface area contributed by atoms with Crippen molar-refractivity contribution in [2.75, 3.05) is 0 Å². The summed E-state index contributed by atoms with van der Waals surface area (Å²) in [5, 5.41) is 0. The Bertz CT molecular complexity index is 581. The summed E-state index contributed by atoms with van der Waals surface area (Å²) >= 11 is 0. The van der Waals surface area contributed by atoms with Crippen LogP contribution < -0.4 is 5.44 Å². The van der Waals surface area contributed by atoms with Crippen molar-refractivity contribution in [2.24, 2.45) is 0 Å². The average molecular weight is 279 g/mol. The molecular formula is C18H18NP. The lowest BCUT2D eigenvalue weighted by Crippen LogP contribution is -1.96. The van der Waals surface area contributed by atoms with Gasteiger partial charge in [0.2, 0.25) is 0 Å². The zero-order valence-electron chi connectivity index (χ0n) is 11.5. The third-order valence-electron chi connectivity index (χ3n) is 2.79. The molecule has 0 bridgehead atoms. The number of hydrogen-bond donors (Lipinski definition) is 0. The van der Waals surface area contributed by atoms with Crippen molar-refractivity contribution < 1.29 is 0 Å². The molecule has 0 N–H and O–H groups in total. The lowest BCUT2D eigenvalue weighted by molar-refractivity contribution is 1.24. The summed E-state index contributed by atoms with van der Waals surface area (Å²) in [6.07, 6.45) is 0. The highest BCUT2D eigenvalue weighted by molar-refractivity contribution is 7.26. The molecule has 0 fully saturated rings. The fourth-order valence-electron chi connectivity index (χ4n) is 1.83. The molecule has 0 saturated heterocycles. The third kappa shape index (κ3) is 4.60.